The van der Waals surface area contributed by atoms with Crippen molar-refractivity contribution in [2.75, 3.05) is 11.5 Å². The van der Waals surface area contributed by atoms with Gasteiger partial charge < -0.3 is 10.8 Å². The number of hydrogen-bond donors (Lipinski definition) is 2. The van der Waals surface area contributed by atoms with Crippen LogP contribution in [0.4, 0.5) is 10.1 Å². The number of carboxylic acids is 1. The molecule has 3 nitrogen and oxygen atoms in total. The third kappa shape index (κ3) is 1.98. The number of anilines is 1. The molecule has 0 aliphatic carbocycles. The first-order valence-corrected chi connectivity index (χ1v) is 5.00. The molecule has 5 heteroatoms. The highest BCUT2D eigenvalue weighted by Gasteiger charge is 2.16. The van der Waals surface area contributed by atoms with E-state index >= 15 is 0 Å². The largest absolute Gasteiger partial charge is 0.478 e. The number of benzene rings is 1. The van der Waals surface area contributed by atoms with E-state index in [1.165, 1.54) is 23.9 Å². The van der Waals surface area contributed by atoms with E-state index in [0.717, 1.165) is 0 Å². The molecule has 0 bridgehead atoms. The van der Waals surface area contributed by atoms with E-state index in [1.54, 1.807) is 0 Å². The molecule has 0 amide bonds. The molecular weight excluding hydrogens is 205 g/mol. The standard InChI is InChI=1S/C9H10FNO2S/c1-2-14-6-4-3-5(10)8(11)7(6)9(12)13/h3-4H,2,11H2,1H3,(H,12,13). The molecule has 0 aliphatic heterocycles. The second-order valence-electron chi connectivity index (χ2n) is 2.57. The Morgan fingerprint density at radius 2 is 2.29 bits per heavy atom. The van der Waals surface area contributed by atoms with Crippen molar-refractivity contribution in [3.05, 3.63) is 23.5 Å². The minimum Gasteiger partial charge on any atom is -0.478 e. The summed E-state index contributed by atoms with van der Waals surface area (Å²) in [5.74, 6) is -1.17. The van der Waals surface area contributed by atoms with Gasteiger partial charge in [-0.15, -0.1) is 11.8 Å². The van der Waals surface area contributed by atoms with Gasteiger partial charge in [0.25, 0.3) is 0 Å². The summed E-state index contributed by atoms with van der Waals surface area (Å²) >= 11 is 1.33. The topological polar surface area (TPSA) is 63.3 Å². The lowest BCUT2D eigenvalue weighted by Crippen LogP contribution is -2.06. The first-order chi connectivity index (χ1) is 6.57. The Morgan fingerprint density at radius 3 is 2.79 bits per heavy atom. The lowest BCUT2D eigenvalue weighted by molar-refractivity contribution is 0.0694. The summed E-state index contributed by atoms with van der Waals surface area (Å²) in [6.07, 6.45) is 0. The molecular formula is C9H10FNO2S. The number of carboxylic acid groups (broad SMARTS) is 1. The van der Waals surface area contributed by atoms with Gasteiger partial charge in [-0.2, -0.15) is 0 Å². The van der Waals surface area contributed by atoms with Gasteiger partial charge in [-0.05, 0) is 17.9 Å². The highest BCUT2D eigenvalue weighted by atomic mass is 32.2. The Hall–Kier alpha value is -1.23. The number of hydrogen-bond acceptors (Lipinski definition) is 3. The van der Waals surface area contributed by atoms with E-state index in [0.29, 0.717) is 10.6 Å². The molecule has 0 heterocycles. The minimum absolute atomic E-state index is 0.142. The molecule has 0 radical (unpaired) electrons. The van der Waals surface area contributed by atoms with Crippen molar-refractivity contribution in [1.29, 1.82) is 0 Å². The summed E-state index contributed by atoms with van der Waals surface area (Å²) in [6.45, 7) is 1.88. The quantitative estimate of drug-likeness (QED) is 0.599. The Bertz CT molecular complexity index is 368. The van der Waals surface area contributed by atoms with Gasteiger partial charge in [0.2, 0.25) is 0 Å². The van der Waals surface area contributed by atoms with Crippen molar-refractivity contribution in [3.63, 3.8) is 0 Å². The summed E-state index contributed by atoms with van der Waals surface area (Å²) < 4.78 is 13.0. The molecule has 0 spiro atoms. The number of nitrogens with two attached hydrogens (primary N) is 1. The number of nitrogen functional groups attached to an aromatic ring is 1. The van der Waals surface area contributed by atoms with Crippen molar-refractivity contribution in [2.45, 2.75) is 11.8 Å². The summed E-state index contributed by atoms with van der Waals surface area (Å²) in [5.41, 5.74) is 4.91. The maximum absolute atomic E-state index is 13.0. The van der Waals surface area contributed by atoms with Crippen molar-refractivity contribution < 1.29 is 14.3 Å². The van der Waals surface area contributed by atoms with E-state index in [-0.39, 0.29) is 11.3 Å². The molecule has 0 aromatic heterocycles. The highest BCUT2D eigenvalue weighted by Crippen LogP contribution is 2.28. The molecule has 3 N–H and O–H groups in total. The number of halogens is 1. The van der Waals surface area contributed by atoms with Crippen molar-refractivity contribution >= 4 is 23.4 Å². The van der Waals surface area contributed by atoms with Crippen LogP contribution in [-0.4, -0.2) is 16.8 Å². The predicted octanol–water partition coefficient (Wildman–Crippen LogP) is 2.22. The second kappa shape index (κ2) is 4.32. The molecule has 0 fully saturated rings. The van der Waals surface area contributed by atoms with Gasteiger partial charge in [0.1, 0.15) is 5.82 Å². The molecule has 76 valence electrons. The normalized spacial score (nSPS) is 10.1. The SMILES string of the molecule is CCSc1ccc(F)c(N)c1C(=O)O. The molecule has 1 rings (SSSR count). The molecule has 14 heavy (non-hydrogen) atoms. The van der Waals surface area contributed by atoms with Gasteiger partial charge in [0.15, 0.2) is 0 Å². The van der Waals surface area contributed by atoms with E-state index < -0.39 is 11.8 Å². The zero-order valence-corrected chi connectivity index (χ0v) is 8.40. The molecule has 0 atom stereocenters. The van der Waals surface area contributed by atoms with Crippen molar-refractivity contribution in [1.82, 2.24) is 0 Å². The van der Waals surface area contributed by atoms with Crippen LogP contribution >= 0.6 is 11.8 Å². The third-order valence-electron chi connectivity index (χ3n) is 1.67. The number of carbonyl (C=O) groups is 1. The van der Waals surface area contributed by atoms with Crippen LogP contribution < -0.4 is 5.73 Å². The average molecular weight is 215 g/mol. The van der Waals surface area contributed by atoms with Gasteiger partial charge in [-0.3, -0.25) is 0 Å². The van der Waals surface area contributed by atoms with Gasteiger partial charge in [-0.25, -0.2) is 9.18 Å². The van der Waals surface area contributed by atoms with Crippen LogP contribution in [0.2, 0.25) is 0 Å². The van der Waals surface area contributed by atoms with Crippen LogP contribution in [-0.2, 0) is 0 Å². The highest BCUT2D eigenvalue weighted by molar-refractivity contribution is 7.99. The van der Waals surface area contributed by atoms with E-state index in [1.807, 2.05) is 6.92 Å². The Balaban J connectivity index is 3.30. The molecule has 0 saturated heterocycles. The van der Waals surface area contributed by atoms with Crippen LogP contribution in [0.3, 0.4) is 0 Å². The van der Waals surface area contributed by atoms with Crippen LogP contribution in [0.15, 0.2) is 17.0 Å². The lowest BCUT2D eigenvalue weighted by atomic mass is 10.2. The fourth-order valence-corrected chi connectivity index (χ4v) is 1.89. The number of thioether (sulfide) groups is 1. The summed E-state index contributed by atoms with van der Waals surface area (Å²) in [6, 6.07) is 2.61. The molecule has 1 aromatic rings. The van der Waals surface area contributed by atoms with Gasteiger partial charge in [-0.1, -0.05) is 6.92 Å². The molecule has 1 aromatic carbocycles. The fraction of sp³-hybridized carbons (Fsp3) is 0.222. The zero-order valence-electron chi connectivity index (χ0n) is 7.58. The number of aromatic carboxylic acids is 1. The smallest absolute Gasteiger partial charge is 0.339 e. The zero-order chi connectivity index (χ0) is 10.7. The van der Waals surface area contributed by atoms with Crippen LogP contribution in [0.1, 0.15) is 17.3 Å². The van der Waals surface area contributed by atoms with E-state index in [9.17, 15) is 9.18 Å². The maximum Gasteiger partial charge on any atom is 0.339 e. The predicted molar refractivity (Wildman–Crippen MR) is 54.2 cm³/mol. The molecule has 0 unspecified atom stereocenters. The molecule has 0 aliphatic rings. The molecule has 0 saturated carbocycles. The summed E-state index contributed by atoms with van der Waals surface area (Å²) in [7, 11) is 0. The van der Waals surface area contributed by atoms with E-state index in [2.05, 4.69) is 0 Å². The first-order valence-electron chi connectivity index (χ1n) is 4.02. The van der Waals surface area contributed by atoms with Crippen LogP contribution in [0, 0.1) is 5.82 Å². The van der Waals surface area contributed by atoms with E-state index in [4.69, 9.17) is 10.8 Å². The third-order valence-corrected chi connectivity index (χ3v) is 2.61. The minimum atomic E-state index is -1.20. The van der Waals surface area contributed by atoms with Crippen LogP contribution in [0.25, 0.3) is 0 Å². The number of rotatable bonds is 3. The van der Waals surface area contributed by atoms with Crippen LogP contribution in [0.5, 0.6) is 0 Å². The van der Waals surface area contributed by atoms with Gasteiger partial charge in [0, 0.05) is 4.90 Å². The summed E-state index contributed by atoms with van der Waals surface area (Å²) in [4.78, 5) is 11.3. The Morgan fingerprint density at radius 1 is 1.64 bits per heavy atom. The van der Waals surface area contributed by atoms with Gasteiger partial charge >= 0.3 is 5.97 Å². The average Bonchev–Trinajstić information content (AvgIpc) is 2.11. The van der Waals surface area contributed by atoms with Crippen molar-refractivity contribution in [2.24, 2.45) is 0 Å². The Labute approximate surface area is 85.1 Å². The van der Waals surface area contributed by atoms with Crippen molar-refractivity contribution in [3.8, 4) is 0 Å². The van der Waals surface area contributed by atoms with Gasteiger partial charge in [0.05, 0.1) is 11.3 Å². The lowest BCUT2D eigenvalue weighted by Gasteiger charge is -2.07. The Kier molecular flexibility index (Phi) is 3.35. The summed E-state index contributed by atoms with van der Waals surface area (Å²) in [5, 5.41) is 8.84. The fourth-order valence-electron chi connectivity index (χ4n) is 1.07. The second-order valence-corrected chi connectivity index (χ2v) is 3.88. The monoisotopic (exact) mass is 215 g/mol. The maximum atomic E-state index is 13.0. The first kappa shape index (κ1) is 10.8.